The molecule has 0 spiro atoms. The topological polar surface area (TPSA) is 81.9 Å². The summed E-state index contributed by atoms with van der Waals surface area (Å²) in [6.45, 7) is 8.30. The van der Waals surface area contributed by atoms with E-state index in [1.807, 2.05) is 54.0 Å². The molecule has 7 nitrogen and oxygen atoms in total. The zero-order valence-electron chi connectivity index (χ0n) is 21.4. The summed E-state index contributed by atoms with van der Waals surface area (Å²) in [5.41, 5.74) is 3.94. The molecule has 0 bridgehead atoms. The van der Waals surface area contributed by atoms with Gasteiger partial charge in [0.2, 0.25) is 5.91 Å². The van der Waals surface area contributed by atoms with E-state index in [2.05, 4.69) is 41.1 Å². The standard InChI is InChI=1S/C29H26ClN5O2S2/c1-4-14-35-27(19(3)37-23-7-5-6-21(30)16-23)33-34-29(35)38-17-26(36)31-22-11-9-20(10-12-22)28-32-24-13-8-18(2)15-25(24)39-28/h4-13,15-16,19H,1,14,17H2,2-3H3,(H,31,36). The fraction of sp³-hybridized carbons (Fsp3) is 0.172. The lowest BCUT2D eigenvalue weighted by Crippen LogP contribution is -2.15. The van der Waals surface area contributed by atoms with Crippen LogP contribution in [0.25, 0.3) is 20.8 Å². The van der Waals surface area contributed by atoms with Gasteiger partial charge in [-0.25, -0.2) is 4.98 Å². The third-order valence-electron chi connectivity index (χ3n) is 5.82. The highest BCUT2D eigenvalue weighted by atomic mass is 35.5. The normalized spacial score (nSPS) is 11.9. The number of allylic oxidation sites excluding steroid dienone is 1. The van der Waals surface area contributed by atoms with Gasteiger partial charge in [0.1, 0.15) is 10.8 Å². The van der Waals surface area contributed by atoms with Gasteiger partial charge in [0.15, 0.2) is 17.1 Å². The Morgan fingerprint density at radius 2 is 2.00 bits per heavy atom. The first-order valence-corrected chi connectivity index (χ1v) is 14.4. The number of carbonyl (C=O) groups excluding carboxylic acids is 1. The number of hydrogen-bond donors (Lipinski definition) is 1. The molecule has 0 radical (unpaired) electrons. The Morgan fingerprint density at radius 1 is 1.18 bits per heavy atom. The van der Waals surface area contributed by atoms with E-state index >= 15 is 0 Å². The first kappa shape index (κ1) is 26.9. The minimum Gasteiger partial charge on any atom is -0.483 e. The summed E-state index contributed by atoms with van der Waals surface area (Å²) >= 11 is 9.04. The molecule has 0 fully saturated rings. The van der Waals surface area contributed by atoms with Crippen LogP contribution in [0.4, 0.5) is 5.69 Å². The van der Waals surface area contributed by atoms with Crippen molar-refractivity contribution >= 4 is 56.5 Å². The smallest absolute Gasteiger partial charge is 0.234 e. The molecule has 1 unspecified atom stereocenters. The van der Waals surface area contributed by atoms with Crippen LogP contribution >= 0.6 is 34.7 Å². The fourth-order valence-electron chi connectivity index (χ4n) is 3.98. The second-order valence-corrected chi connectivity index (χ2v) is 11.3. The number of aromatic nitrogens is 4. The number of halogens is 1. The van der Waals surface area contributed by atoms with Gasteiger partial charge in [0.25, 0.3) is 0 Å². The third kappa shape index (κ3) is 6.50. The fourth-order valence-corrected chi connectivity index (χ4v) is 5.99. The van der Waals surface area contributed by atoms with Crippen molar-refractivity contribution in [3.8, 4) is 16.3 Å². The van der Waals surface area contributed by atoms with E-state index in [4.69, 9.17) is 21.3 Å². The van der Waals surface area contributed by atoms with Gasteiger partial charge in [0.05, 0.1) is 16.0 Å². The van der Waals surface area contributed by atoms with E-state index in [1.54, 1.807) is 29.5 Å². The van der Waals surface area contributed by atoms with Crippen molar-refractivity contribution < 1.29 is 9.53 Å². The molecule has 0 aliphatic carbocycles. The largest absolute Gasteiger partial charge is 0.483 e. The first-order valence-electron chi connectivity index (χ1n) is 12.3. The van der Waals surface area contributed by atoms with Crippen molar-refractivity contribution in [1.82, 2.24) is 19.7 Å². The third-order valence-corrected chi connectivity index (χ3v) is 8.09. The predicted octanol–water partition coefficient (Wildman–Crippen LogP) is 7.57. The zero-order chi connectivity index (χ0) is 27.4. The predicted molar refractivity (Wildman–Crippen MR) is 160 cm³/mol. The number of thiazole rings is 1. The van der Waals surface area contributed by atoms with Crippen LogP contribution in [-0.2, 0) is 11.3 Å². The molecule has 39 heavy (non-hydrogen) atoms. The molecule has 3 aromatic carbocycles. The molecule has 1 N–H and O–H groups in total. The summed E-state index contributed by atoms with van der Waals surface area (Å²) in [6, 6.07) is 21.2. The van der Waals surface area contributed by atoms with E-state index in [1.165, 1.54) is 17.3 Å². The molecule has 198 valence electrons. The van der Waals surface area contributed by atoms with Crippen LogP contribution < -0.4 is 10.1 Å². The van der Waals surface area contributed by atoms with Crippen molar-refractivity contribution in [1.29, 1.82) is 0 Å². The van der Waals surface area contributed by atoms with Crippen LogP contribution in [0.2, 0.25) is 5.02 Å². The maximum Gasteiger partial charge on any atom is 0.234 e. The van der Waals surface area contributed by atoms with Crippen LogP contribution in [0.5, 0.6) is 5.75 Å². The number of nitrogens with zero attached hydrogens (tertiary/aromatic N) is 4. The second kappa shape index (κ2) is 12.0. The molecule has 10 heteroatoms. The molecule has 1 amide bonds. The summed E-state index contributed by atoms with van der Waals surface area (Å²) < 4.78 is 9.08. The summed E-state index contributed by atoms with van der Waals surface area (Å²) in [7, 11) is 0. The minimum absolute atomic E-state index is 0.138. The number of benzene rings is 3. The van der Waals surface area contributed by atoms with E-state index in [0.717, 1.165) is 26.5 Å². The highest BCUT2D eigenvalue weighted by Gasteiger charge is 2.20. The number of nitrogens with one attached hydrogen (secondary N) is 1. The van der Waals surface area contributed by atoms with Gasteiger partial charge in [0, 0.05) is 22.8 Å². The number of ether oxygens (including phenoxy) is 1. The van der Waals surface area contributed by atoms with Crippen molar-refractivity contribution in [2.75, 3.05) is 11.1 Å². The number of amides is 1. The maximum absolute atomic E-state index is 12.7. The summed E-state index contributed by atoms with van der Waals surface area (Å²) in [5.74, 6) is 1.32. The quantitative estimate of drug-likeness (QED) is 0.137. The molecule has 2 aromatic heterocycles. The average Bonchev–Trinajstić information content (AvgIpc) is 3.52. The van der Waals surface area contributed by atoms with Crippen LogP contribution in [0.3, 0.4) is 0 Å². The molecule has 5 rings (SSSR count). The lowest BCUT2D eigenvalue weighted by atomic mass is 10.2. The molecule has 0 aliphatic heterocycles. The van der Waals surface area contributed by atoms with Gasteiger partial charge in [-0.3, -0.25) is 9.36 Å². The van der Waals surface area contributed by atoms with E-state index < -0.39 is 0 Å². The minimum atomic E-state index is -0.378. The van der Waals surface area contributed by atoms with Crippen LogP contribution in [0, 0.1) is 6.92 Å². The number of hydrogen-bond acceptors (Lipinski definition) is 7. The van der Waals surface area contributed by atoms with E-state index in [0.29, 0.717) is 28.3 Å². The zero-order valence-corrected chi connectivity index (χ0v) is 23.8. The van der Waals surface area contributed by atoms with Gasteiger partial charge in [-0.2, -0.15) is 0 Å². The monoisotopic (exact) mass is 575 g/mol. The van der Waals surface area contributed by atoms with Gasteiger partial charge < -0.3 is 10.1 Å². The summed E-state index contributed by atoms with van der Waals surface area (Å²) in [5, 5.41) is 13.7. The second-order valence-electron chi connectivity index (χ2n) is 8.86. The van der Waals surface area contributed by atoms with Crippen LogP contribution in [-0.4, -0.2) is 31.4 Å². The molecule has 0 saturated heterocycles. The molecule has 2 heterocycles. The van der Waals surface area contributed by atoms with Crippen molar-refractivity contribution in [3.05, 3.63) is 95.8 Å². The van der Waals surface area contributed by atoms with Crippen molar-refractivity contribution in [2.45, 2.75) is 31.7 Å². The highest BCUT2D eigenvalue weighted by molar-refractivity contribution is 7.99. The maximum atomic E-state index is 12.7. The summed E-state index contributed by atoms with van der Waals surface area (Å²) in [4.78, 5) is 17.4. The molecule has 1 atom stereocenters. The van der Waals surface area contributed by atoms with Crippen molar-refractivity contribution in [2.24, 2.45) is 0 Å². The Hall–Kier alpha value is -3.66. The number of carbonyl (C=O) groups is 1. The molecular weight excluding hydrogens is 550 g/mol. The van der Waals surface area contributed by atoms with Gasteiger partial charge in [-0.1, -0.05) is 41.6 Å². The number of thioether (sulfide) groups is 1. The lowest BCUT2D eigenvalue weighted by Gasteiger charge is -2.16. The number of anilines is 1. The first-order chi connectivity index (χ1) is 18.9. The van der Waals surface area contributed by atoms with Gasteiger partial charge in [-0.15, -0.1) is 28.1 Å². The summed E-state index contributed by atoms with van der Waals surface area (Å²) in [6.07, 6.45) is 1.38. The number of fused-ring (bicyclic) bond motifs is 1. The van der Waals surface area contributed by atoms with E-state index in [9.17, 15) is 4.79 Å². The Balaban J connectivity index is 1.21. The van der Waals surface area contributed by atoms with E-state index in [-0.39, 0.29) is 17.8 Å². The van der Waals surface area contributed by atoms with Crippen LogP contribution in [0.15, 0.2) is 84.5 Å². The van der Waals surface area contributed by atoms with Gasteiger partial charge in [-0.05, 0) is 74.0 Å². The molecular formula is C29H26ClN5O2S2. The van der Waals surface area contributed by atoms with Crippen molar-refractivity contribution in [3.63, 3.8) is 0 Å². The number of aryl methyl sites for hydroxylation is 1. The molecule has 0 saturated carbocycles. The van der Waals surface area contributed by atoms with Gasteiger partial charge >= 0.3 is 0 Å². The molecule has 5 aromatic rings. The number of rotatable bonds is 10. The average molecular weight is 576 g/mol. The Labute approximate surface area is 239 Å². The Morgan fingerprint density at radius 3 is 2.77 bits per heavy atom. The highest BCUT2D eigenvalue weighted by Crippen LogP contribution is 2.31. The SMILES string of the molecule is C=CCn1c(SCC(=O)Nc2ccc(-c3nc4ccc(C)cc4s3)cc2)nnc1C(C)Oc1cccc(Cl)c1. The van der Waals surface area contributed by atoms with Crippen LogP contribution in [0.1, 0.15) is 24.4 Å². The Bertz CT molecular complexity index is 1630. The lowest BCUT2D eigenvalue weighted by molar-refractivity contribution is -0.113. The molecule has 0 aliphatic rings. The Kier molecular flexibility index (Phi) is 8.30.